The lowest BCUT2D eigenvalue weighted by atomic mass is 10.2. The summed E-state index contributed by atoms with van der Waals surface area (Å²) in [5.74, 6) is 0. The number of rotatable bonds is 6. The van der Waals surface area contributed by atoms with Gasteiger partial charge in [0.1, 0.15) is 0 Å². The predicted octanol–water partition coefficient (Wildman–Crippen LogP) is 2.71. The van der Waals surface area contributed by atoms with Gasteiger partial charge in [0.15, 0.2) is 0 Å². The van der Waals surface area contributed by atoms with Crippen LogP contribution < -0.4 is 0 Å². The molecule has 1 aromatic rings. The standard InChI is InChI=1S/C14H25N3S2/c1-12(18-3)4-5-16-6-8-17(9-7-16)10-14-11-19-13(2)15-14/h11-12H,4-10H2,1-3H3/t12-/m0/s1. The zero-order valence-corrected chi connectivity index (χ0v) is 13.9. The van der Waals surface area contributed by atoms with E-state index in [2.05, 4.69) is 40.3 Å². The summed E-state index contributed by atoms with van der Waals surface area (Å²) in [6, 6.07) is 0. The van der Waals surface area contributed by atoms with Gasteiger partial charge in [0.05, 0.1) is 10.7 Å². The van der Waals surface area contributed by atoms with Gasteiger partial charge < -0.3 is 4.90 Å². The fraction of sp³-hybridized carbons (Fsp3) is 0.786. The number of thiazole rings is 1. The van der Waals surface area contributed by atoms with Gasteiger partial charge in [-0.2, -0.15) is 11.8 Å². The maximum atomic E-state index is 4.55. The quantitative estimate of drug-likeness (QED) is 0.804. The predicted molar refractivity (Wildman–Crippen MR) is 86.2 cm³/mol. The second-order valence-corrected chi connectivity index (χ2v) is 7.65. The highest BCUT2D eigenvalue weighted by molar-refractivity contribution is 7.99. The minimum Gasteiger partial charge on any atom is -0.301 e. The highest BCUT2D eigenvalue weighted by Gasteiger charge is 2.17. The third-order valence-electron chi connectivity index (χ3n) is 3.77. The van der Waals surface area contributed by atoms with Crippen molar-refractivity contribution in [2.24, 2.45) is 0 Å². The third-order valence-corrected chi connectivity index (χ3v) is 5.63. The van der Waals surface area contributed by atoms with Gasteiger partial charge in [-0.3, -0.25) is 4.90 Å². The van der Waals surface area contributed by atoms with E-state index in [0.717, 1.165) is 11.8 Å². The van der Waals surface area contributed by atoms with E-state index in [0.29, 0.717) is 0 Å². The number of hydrogen-bond acceptors (Lipinski definition) is 5. The van der Waals surface area contributed by atoms with Crippen LogP contribution >= 0.6 is 23.1 Å². The third kappa shape index (κ3) is 5.06. The van der Waals surface area contributed by atoms with Crippen LogP contribution in [0.4, 0.5) is 0 Å². The summed E-state index contributed by atoms with van der Waals surface area (Å²) in [5, 5.41) is 4.16. The second kappa shape index (κ2) is 7.62. The number of thioether (sulfide) groups is 1. The van der Waals surface area contributed by atoms with Crippen molar-refractivity contribution in [2.45, 2.75) is 32.1 Å². The molecule has 2 rings (SSSR count). The first-order chi connectivity index (χ1) is 9.17. The minimum absolute atomic E-state index is 0.788. The molecule has 0 spiro atoms. The van der Waals surface area contributed by atoms with E-state index in [-0.39, 0.29) is 0 Å². The van der Waals surface area contributed by atoms with Crippen molar-refractivity contribution in [2.75, 3.05) is 39.0 Å². The van der Waals surface area contributed by atoms with E-state index in [4.69, 9.17) is 0 Å². The SMILES string of the molecule is CS[C@@H](C)CCN1CCN(Cc2csc(C)n2)CC1. The van der Waals surface area contributed by atoms with Crippen LogP contribution in [0.5, 0.6) is 0 Å². The van der Waals surface area contributed by atoms with Gasteiger partial charge in [-0.1, -0.05) is 6.92 Å². The lowest BCUT2D eigenvalue weighted by Crippen LogP contribution is -2.46. The fourth-order valence-corrected chi connectivity index (χ4v) is 3.31. The minimum atomic E-state index is 0.788. The molecule has 1 fully saturated rings. The fourth-order valence-electron chi connectivity index (χ4n) is 2.36. The number of hydrogen-bond donors (Lipinski definition) is 0. The second-order valence-electron chi connectivity index (χ2n) is 5.31. The van der Waals surface area contributed by atoms with E-state index in [1.807, 2.05) is 11.8 Å². The monoisotopic (exact) mass is 299 g/mol. The Morgan fingerprint density at radius 2 is 2.00 bits per heavy atom. The molecule has 0 bridgehead atoms. The van der Waals surface area contributed by atoms with Gasteiger partial charge in [0.2, 0.25) is 0 Å². The van der Waals surface area contributed by atoms with E-state index < -0.39 is 0 Å². The summed E-state index contributed by atoms with van der Waals surface area (Å²) >= 11 is 3.73. The molecular weight excluding hydrogens is 274 g/mol. The van der Waals surface area contributed by atoms with Gasteiger partial charge in [-0.25, -0.2) is 4.98 Å². The molecule has 1 saturated heterocycles. The molecule has 1 aliphatic rings. The van der Waals surface area contributed by atoms with Crippen molar-refractivity contribution in [3.8, 4) is 0 Å². The summed E-state index contributed by atoms with van der Waals surface area (Å²) in [4.78, 5) is 9.69. The average Bonchev–Trinajstić information content (AvgIpc) is 2.83. The molecule has 0 saturated carbocycles. The summed E-state index contributed by atoms with van der Waals surface area (Å²) in [6.45, 7) is 11.5. The van der Waals surface area contributed by atoms with E-state index in [9.17, 15) is 0 Å². The first-order valence-corrected chi connectivity index (χ1v) is 9.22. The van der Waals surface area contributed by atoms with Crippen LogP contribution in [0, 0.1) is 6.92 Å². The molecule has 108 valence electrons. The molecule has 5 heteroatoms. The zero-order valence-electron chi connectivity index (χ0n) is 12.3. The Kier molecular flexibility index (Phi) is 6.13. The molecule has 0 aromatic carbocycles. The molecule has 2 heterocycles. The van der Waals surface area contributed by atoms with Crippen molar-refractivity contribution >= 4 is 23.1 Å². The van der Waals surface area contributed by atoms with Crippen LogP contribution in [-0.2, 0) is 6.54 Å². The Bertz CT molecular complexity index is 373. The van der Waals surface area contributed by atoms with Gasteiger partial charge in [0.25, 0.3) is 0 Å². The lowest BCUT2D eigenvalue weighted by molar-refractivity contribution is 0.125. The van der Waals surface area contributed by atoms with Gasteiger partial charge >= 0.3 is 0 Å². The van der Waals surface area contributed by atoms with Crippen LogP contribution in [0.2, 0.25) is 0 Å². The summed E-state index contributed by atoms with van der Waals surface area (Å²) in [6.07, 6.45) is 3.52. The Morgan fingerprint density at radius 3 is 2.58 bits per heavy atom. The molecule has 19 heavy (non-hydrogen) atoms. The number of aromatic nitrogens is 1. The molecule has 0 unspecified atom stereocenters. The molecule has 1 aromatic heterocycles. The maximum Gasteiger partial charge on any atom is 0.0897 e. The van der Waals surface area contributed by atoms with Crippen molar-refractivity contribution in [1.29, 1.82) is 0 Å². The number of piperazine rings is 1. The average molecular weight is 300 g/mol. The molecule has 1 atom stereocenters. The Hall–Kier alpha value is -0.100. The van der Waals surface area contributed by atoms with E-state index in [1.54, 1.807) is 11.3 Å². The lowest BCUT2D eigenvalue weighted by Gasteiger charge is -2.34. The summed E-state index contributed by atoms with van der Waals surface area (Å²) in [5.41, 5.74) is 1.24. The highest BCUT2D eigenvalue weighted by Crippen LogP contribution is 2.14. The van der Waals surface area contributed by atoms with Crippen LogP contribution in [0.25, 0.3) is 0 Å². The Balaban J connectivity index is 1.67. The first-order valence-electron chi connectivity index (χ1n) is 7.06. The number of aryl methyl sites for hydroxylation is 1. The molecular formula is C14H25N3S2. The Labute approximate surface area is 125 Å². The first kappa shape index (κ1) is 15.3. The molecule has 0 amide bonds. The highest BCUT2D eigenvalue weighted by atomic mass is 32.2. The van der Waals surface area contributed by atoms with Gasteiger partial charge in [-0.15, -0.1) is 11.3 Å². The zero-order chi connectivity index (χ0) is 13.7. The van der Waals surface area contributed by atoms with E-state index >= 15 is 0 Å². The molecule has 0 aliphatic carbocycles. The van der Waals surface area contributed by atoms with Crippen molar-refractivity contribution in [3.63, 3.8) is 0 Å². The topological polar surface area (TPSA) is 19.4 Å². The van der Waals surface area contributed by atoms with Gasteiger partial charge in [0, 0.05) is 43.4 Å². The van der Waals surface area contributed by atoms with Crippen molar-refractivity contribution in [3.05, 3.63) is 16.1 Å². The Morgan fingerprint density at radius 1 is 1.32 bits per heavy atom. The van der Waals surface area contributed by atoms with Crippen molar-refractivity contribution < 1.29 is 0 Å². The number of nitrogens with zero attached hydrogens (tertiary/aromatic N) is 3. The van der Waals surface area contributed by atoms with Crippen LogP contribution in [-0.4, -0.2) is 59.0 Å². The largest absolute Gasteiger partial charge is 0.301 e. The maximum absolute atomic E-state index is 4.55. The molecule has 3 nitrogen and oxygen atoms in total. The molecule has 0 radical (unpaired) electrons. The normalized spacial score (nSPS) is 19.7. The summed E-state index contributed by atoms with van der Waals surface area (Å²) < 4.78 is 0. The van der Waals surface area contributed by atoms with Crippen molar-refractivity contribution in [1.82, 2.24) is 14.8 Å². The summed E-state index contributed by atoms with van der Waals surface area (Å²) in [7, 11) is 0. The van der Waals surface area contributed by atoms with Crippen LogP contribution in [0.15, 0.2) is 5.38 Å². The smallest absolute Gasteiger partial charge is 0.0897 e. The van der Waals surface area contributed by atoms with Crippen LogP contribution in [0.3, 0.4) is 0 Å². The van der Waals surface area contributed by atoms with E-state index in [1.165, 1.54) is 49.8 Å². The van der Waals surface area contributed by atoms with Gasteiger partial charge in [-0.05, 0) is 26.1 Å². The molecule has 1 aliphatic heterocycles. The molecule has 0 N–H and O–H groups in total. The van der Waals surface area contributed by atoms with Crippen LogP contribution in [0.1, 0.15) is 24.0 Å².